The summed E-state index contributed by atoms with van der Waals surface area (Å²) in [5, 5.41) is 0. The molecule has 1 nitrogen and oxygen atoms in total. The third-order valence-electron chi connectivity index (χ3n) is 7.64. The molecule has 3 heterocycles. The van der Waals surface area contributed by atoms with Gasteiger partial charge in [0, 0.05) is 29.5 Å². The molecule has 190 valence electrons. The van der Waals surface area contributed by atoms with E-state index in [0.29, 0.717) is 17.5 Å². The highest BCUT2D eigenvalue weighted by Crippen LogP contribution is 2.60. The van der Waals surface area contributed by atoms with Crippen LogP contribution in [0, 0.1) is 0 Å². The van der Waals surface area contributed by atoms with E-state index in [1.807, 2.05) is 48.7 Å². The molecule has 0 saturated heterocycles. The van der Waals surface area contributed by atoms with E-state index in [-0.39, 0.29) is 18.4 Å². The van der Waals surface area contributed by atoms with Gasteiger partial charge in [-0.2, -0.15) is 30.9 Å². The van der Waals surface area contributed by atoms with E-state index < -0.39 is 34.8 Å². The van der Waals surface area contributed by atoms with Crippen LogP contribution in [0.2, 0.25) is 0 Å². The van der Waals surface area contributed by atoms with Crippen LogP contribution >= 0.6 is 0 Å². The monoisotopic (exact) mass is 531 g/mol. The molecule has 3 aromatic carbocycles. The smallest absolute Gasteiger partial charge is 0.416 e. The molecule has 2 bridgehead atoms. The highest BCUT2D eigenvalue weighted by atomic mass is 35.5. The van der Waals surface area contributed by atoms with Gasteiger partial charge in [-0.3, -0.25) is 0 Å². The third kappa shape index (κ3) is 3.82. The number of alkyl halides is 6. The summed E-state index contributed by atoms with van der Waals surface area (Å²) in [5.74, 6) is -0.480. The Morgan fingerprint density at radius 3 is 1.76 bits per heavy atom. The van der Waals surface area contributed by atoms with Crippen molar-refractivity contribution in [3.05, 3.63) is 136 Å². The van der Waals surface area contributed by atoms with Crippen LogP contribution < -0.4 is 17.0 Å². The molecule has 7 rings (SSSR count). The van der Waals surface area contributed by atoms with E-state index in [0.717, 1.165) is 41.1 Å². The van der Waals surface area contributed by atoms with Crippen LogP contribution in [0.4, 0.5) is 26.3 Å². The number of hydrogen-bond donors (Lipinski definition) is 0. The fourth-order valence-electron chi connectivity index (χ4n) is 6.22. The standard InChI is InChI=1S/C29H20F6N.ClH/c30-28(31,32)20-9-5-7-18(15-20)27(19-8-6-10-21(16-19)29(33,34)35)17-25-22-11-1-2-12-23(22)26(27)24-13-3-4-14-36(24)25;/h1-16,25-26H,17H2;1H/q+1;/p-1. The molecule has 3 aliphatic rings. The van der Waals surface area contributed by atoms with Crippen molar-refractivity contribution in [2.75, 3.05) is 0 Å². The van der Waals surface area contributed by atoms with Gasteiger partial charge in [0.05, 0.1) is 17.0 Å². The average molecular weight is 532 g/mol. The summed E-state index contributed by atoms with van der Waals surface area (Å²) in [5.41, 5.74) is 0.775. The molecule has 2 aliphatic heterocycles. The van der Waals surface area contributed by atoms with Gasteiger partial charge in [0.15, 0.2) is 17.9 Å². The molecule has 0 fully saturated rings. The largest absolute Gasteiger partial charge is 1.00 e. The minimum Gasteiger partial charge on any atom is -1.00 e. The van der Waals surface area contributed by atoms with E-state index in [1.165, 1.54) is 12.1 Å². The molecule has 0 amide bonds. The molecule has 0 N–H and O–H groups in total. The number of aromatic nitrogens is 1. The third-order valence-corrected chi connectivity index (χ3v) is 7.64. The maximum Gasteiger partial charge on any atom is 0.416 e. The van der Waals surface area contributed by atoms with Crippen molar-refractivity contribution in [2.24, 2.45) is 0 Å². The zero-order valence-corrected chi connectivity index (χ0v) is 19.9. The SMILES string of the molecule is FC(F)(F)c1cccc(C2(c3cccc(C(F)(F)F)c3)CC3c4ccccc4C2c2cccc[n+]23)c1.[Cl-]. The van der Waals surface area contributed by atoms with E-state index in [4.69, 9.17) is 0 Å². The van der Waals surface area contributed by atoms with Crippen LogP contribution in [0.1, 0.15) is 57.5 Å². The summed E-state index contributed by atoms with van der Waals surface area (Å²) in [4.78, 5) is 0. The second-order valence-electron chi connectivity index (χ2n) is 9.44. The van der Waals surface area contributed by atoms with Crippen LogP contribution in [0.15, 0.2) is 97.2 Å². The van der Waals surface area contributed by atoms with Gasteiger partial charge in [-0.05, 0) is 28.8 Å². The molecule has 4 aromatic rings. The molecule has 0 radical (unpaired) electrons. The summed E-state index contributed by atoms with van der Waals surface area (Å²) in [6, 6.07) is 23.3. The van der Waals surface area contributed by atoms with Gasteiger partial charge in [0.1, 0.15) is 0 Å². The number of nitrogens with zero attached hydrogens (tertiary/aromatic N) is 1. The number of rotatable bonds is 2. The molecule has 2 unspecified atom stereocenters. The number of benzene rings is 3. The highest BCUT2D eigenvalue weighted by molar-refractivity contribution is 5.56. The van der Waals surface area contributed by atoms with Gasteiger partial charge in [0.25, 0.3) is 0 Å². The summed E-state index contributed by atoms with van der Waals surface area (Å²) in [7, 11) is 0. The van der Waals surface area contributed by atoms with Crippen molar-refractivity contribution >= 4 is 0 Å². The van der Waals surface area contributed by atoms with Gasteiger partial charge in [-0.25, -0.2) is 0 Å². The second-order valence-corrected chi connectivity index (χ2v) is 9.44. The van der Waals surface area contributed by atoms with Crippen LogP contribution in [0.25, 0.3) is 0 Å². The van der Waals surface area contributed by atoms with E-state index in [1.54, 1.807) is 12.1 Å². The van der Waals surface area contributed by atoms with Crippen molar-refractivity contribution < 1.29 is 43.3 Å². The lowest BCUT2D eigenvalue weighted by Gasteiger charge is -2.50. The fourth-order valence-corrected chi connectivity index (χ4v) is 6.22. The Kier molecular flexibility index (Phi) is 5.90. The summed E-state index contributed by atoms with van der Waals surface area (Å²) >= 11 is 0. The normalized spacial score (nSPS) is 19.5. The lowest BCUT2D eigenvalue weighted by atomic mass is 9.53. The molecule has 37 heavy (non-hydrogen) atoms. The van der Waals surface area contributed by atoms with Gasteiger partial charge in [-0.15, -0.1) is 0 Å². The maximum absolute atomic E-state index is 13.8. The molecule has 1 aliphatic carbocycles. The van der Waals surface area contributed by atoms with E-state index in [9.17, 15) is 26.3 Å². The number of pyridine rings is 1. The van der Waals surface area contributed by atoms with Gasteiger partial charge in [-0.1, -0.05) is 66.7 Å². The summed E-state index contributed by atoms with van der Waals surface area (Å²) in [6.07, 6.45) is -6.89. The molecule has 0 spiro atoms. The second kappa shape index (κ2) is 8.62. The van der Waals surface area contributed by atoms with Crippen molar-refractivity contribution in [3.63, 3.8) is 0 Å². The summed E-state index contributed by atoms with van der Waals surface area (Å²) in [6.45, 7) is 0. The molecule has 1 aromatic heterocycles. The predicted octanol–water partition coefficient (Wildman–Crippen LogP) is 4.44. The topological polar surface area (TPSA) is 3.88 Å². The first-order valence-electron chi connectivity index (χ1n) is 11.5. The lowest BCUT2D eigenvalue weighted by Crippen LogP contribution is -3.00. The predicted molar refractivity (Wildman–Crippen MR) is 121 cm³/mol. The first kappa shape index (κ1) is 25.3. The van der Waals surface area contributed by atoms with Crippen LogP contribution in [0.3, 0.4) is 0 Å². The zero-order valence-electron chi connectivity index (χ0n) is 19.2. The van der Waals surface area contributed by atoms with Crippen LogP contribution in [-0.4, -0.2) is 0 Å². The van der Waals surface area contributed by atoms with Gasteiger partial charge < -0.3 is 12.4 Å². The van der Waals surface area contributed by atoms with Crippen molar-refractivity contribution in [1.82, 2.24) is 0 Å². The van der Waals surface area contributed by atoms with E-state index in [2.05, 4.69) is 4.57 Å². The highest BCUT2D eigenvalue weighted by Gasteiger charge is 2.59. The first-order chi connectivity index (χ1) is 17.1. The minimum atomic E-state index is -4.58. The Morgan fingerprint density at radius 2 is 1.19 bits per heavy atom. The quantitative estimate of drug-likeness (QED) is 0.266. The van der Waals surface area contributed by atoms with Gasteiger partial charge >= 0.3 is 12.4 Å². The Morgan fingerprint density at radius 1 is 0.649 bits per heavy atom. The first-order valence-corrected chi connectivity index (χ1v) is 11.5. The number of halogens is 7. The summed E-state index contributed by atoms with van der Waals surface area (Å²) < 4.78 is 84.9. The van der Waals surface area contributed by atoms with Crippen LogP contribution in [0.5, 0.6) is 0 Å². The number of fused-ring (bicyclic) bond motifs is 1. The zero-order chi connectivity index (χ0) is 25.3. The van der Waals surface area contributed by atoms with Crippen LogP contribution in [-0.2, 0) is 17.8 Å². The van der Waals surface area contributed by atoms with E-state index >= 15 is 0 Å². The molecule has 0 saturated carbocycles. The lowest BCUT2D eigenvalue weighted by molar-refractivity contribution is -0.732. The van der Waals surface area contributed by atoms with Gasteiger partial charge in [0.2, 0.25) is 0 Å². The average Bonchev–Trinajstić information content (AvgIpc) is 2.88. The molecular weight excluding hydrogens is 512 g/mol. The molecular formula is C29H20ClF6N. The molecule has 2 atom stereocenters. The van der Waals surface area contributed by atoms with Crippen molar-refractivity contribution in [3.8, 4) is 0 Å². The maximum atomic E-state index is 13.8. The minimum absolute atomic E-state index is 0. The molecule has 8 heteroatoms. The van der Waals surface area contributed by atoms with Crippen molar-refractivity contribution in [1.29, 1.82) is 0 Å². The Hall–Kier alpha value is -3.32. The van der Waals surface area contributed by atoms with Crippen molar-refractivity contribution in [2.45, 2.75) is 36.1 Å². The Bertz CT molecular complexity index is 1370. The number of hydrogen-bond acceptors (Lipinski definition) is 0. The fraction of sp³-hybridized carbons (Fsp3) is 0.207. The Labute approximate surface area is 215 Å². The Balaban J connectivity index is 0.00000280.